The molecule has 31 heavy (non-hydrogen) atoms. The third-order valence-corrected chi connectivity index (χ3v) is 5.50. The van der Waals surface area contributed by atoms with Gasteiger partial charge in [0.1, 0.15) is 5.82 Å². The zero-order valence-corrected chi connectivity index (χ0v) is 18.0. The summed E-state index contributed by atoms with van der Waals surface area (Å²) in [6.07, 6.45) is 1.89. The van der Waals surface area contributed by atoms with E-state index >= 15 is 0 Å². The number of fused-ring (bicyclic) bond motifs is 3. The maximum absolute atomic E-state index is 13.7. The van der Waals surface area contributed by atoms with Gasteiger partial charge in [-0.3, -0.25) is 4.90 Å². The number of H-pyrrole nitrogens is 1. The summed E-state index contributed by atoms with van der Waals surface area (Å²) < 4.78 is 18.9. The summed E-state index contributed by atoms with van der Waals surface area (Å²) in [7, 11) is 0. The molecule has 0 saturated heterocycles. The number of urea groups is 1. The number of hydrogen-bond acceptors (Lipinski definition) is 3. The number of carbonyl (C=O) groups excluding carboxylic acids is 2. The van der Waals surface area contributed by atoms with Gasteiger partial charge in [-0.25, -0.2) is 14.0 Å². The van der Waals surface area contributed by atoms with E-state index in [0.29, 0.717) is 33.4 Å². The van der Waals surface area contributed by atoms with Gasteiger partial charge in [-0.1, -0.05) is 23.2 Å². The average molecular weight is 462 g/mol. The molecule has 0 fully saturated rings. The molecule has 160 valence electrons. The Morgan fingerprint density at radius 3 is 2.77 bits per heavy atom. The van der Waals surface area contributed by atoms with Crippen LogP contribution in [0.15, 0.2) is 42.6 Å². The van der Waals surface area contributed by atoms with Crippen molar-refractivity contribution in [1.82, 2.24) is 9.88 Å². The van der Waals surface area contributed by atoms with E-state index in [1.165, 1.54) is 29.3 Å². The van der Waals surface area contributed by atoms with Crippen molar-refractivity contribution in [2.45, 2.75) is 13.3 Å². The van der Waals surface area contributed by atoms with E-state index in [0.717, 1.165) is 10.9 Å². The number of esters is 1. The summed E-state index contributed by atoms with van der Waals surface area (Å²) in [5.41, 5.74) is 2.48. The third kappa shape index (κ3) is 4.24. The van der Waals surface area contributed by atoms with E-state index in [9.17, 15) is 14.0 Å². The van der Waals surface area contributed by atoms with Gasteiger partial charge >= 0.3 is 12.0 Å². The highest BCUT2D eigenvalue weighted by molar-refractivity contribution is 6.36. The highest BCUT2D eigenvalue weighted by atomic mass is 35.5. The molecule has 0 spiro atoms. The molecule has 2 aromatic carbocycles. The number of ether oxygens (including phenoxy) is 1. The number of nitrogens with zero attached hydrogens (tertiary/aromatic N) is 1. The lowest BCUT2D eigenvalue weighted by Crippen LogP contribution is -2.32. The Morgan fingerprint density at radius 1 is 1.23 bits per heavy atom. The van der Waals surface area contributed by atoms with Crippen molar-refractivity contribution in [2.24, 2.45) is 0 Å². The quantitative estimate of drug-likeness (QED) is 0.497. The minimum Gasteiger partial charge on any atom is -0.462 e. The molecule has 9 heteroatoms. The maximum atomic E-state index is 13.7. The summed E-state index contributed by atoms with van der Waals surface area (Å²) in [5, 5.41) is 4.26. The van der Waals surface area contributed by atoms with E-state index in [1.807, 2.05) is 0 Å². The summed E-state index contributed by atoms with van der Waals surface area (Å²) in [5.74, 6) is -0.966. The summed E-state index contributed by atoms with van der Waals surface area (Å²) in [6, 6.07) is 8.67. The number of nitrogens with one attached hydrogen (secondary N) is 2. The Morgan fingerprint density at radius 2 is 2.03 bits per heavy atom. The largest absolute Gasteiger partial charge is 0.462 e. The van der Waals surface area contributed by atoms with Gasteiger partial charge < -0.3 is 15.0 Å². The normalized spacial score (nSPS) is 13.4. The molecule has 0 radical (unpaired) electrons. The number of amides is 2. The molecule has 1 aliphatic rings. The molecule has 1 aromatic heterocycles. The Hall–Kier alpha value is -3.03. The molecule has 2 N–H and O–H groups in total. The van der Waals surface area contributed by atoms with Crippen molar-refractivity contribution >= 4 is 57.4 Å². The van der Waals surface area contributed by atoms with Crippen LogP contribution in [0.2, 0.25) is 10.0 Å². The van der Waals surface area contributed by atoms with E-state index in [4.69, 9.17) is 27.9 Å². The number of aromatic amines is 1. The predicted octanol–water partition coefficient (Wildman–Crippen LogP) is 5.61. The minimum atomic E-state index is -0.583. The number of aromatic nitrogens is 1. The fraction of sp³-hybridized carbons (Fsp3) is 0.182. The fourth-order valence-electron chi connectivity index (χ4n) is 3.54. The number of carbonyl (C=O) groups is 2. The molecule has 6 nitrogen and oxygen atoms in total. The Balaban J connectivity index is 1.72. The lowest BCUT2D eigenvalue weighted by Gasteiger charge is -2.19. The first-order chi connectivity index (χ1) is 14.9. The van der Waals surface area contributed by atoms with Crippen molar-refractivity contribution in [1.29, 1.82) is 0 Å². The lowest BCUT2D eigenvalue weighted by molar-refractivity contribution is -0.136. The highest BCUT2D eigenvalue weighted by Gasteiger charge is 2.27. The van der Waals surface area contributed by atoms with Crippen LogP contribution in [0.3, 0.4) is 0 Å². The van der Waals surface area contributed by atoms with Gasteiger partial charge in [-0.05, 0) is 55.3 Å². The standard InChI is InChI=1S/C22H18Cl2FN3O3/c1-2-31-21(29)16-11-28(22(30)27-18-6-3-12(23)9-17(18)24)8-7-15-14-5-4-13(25)10-19(14)26-20(15)16/h3-6,9-11,26H,2,7-8H2,1H3,(H,27,30). The number of halogens is 3. The van der Waals surface area contributed by atoms with Crippen LogP contribution in [0, 0.1) is 5.82 Å². The molecule has 0 saturated carbocycles. The van der Waals surface area contributed by atoms with E-state index in [2.05, 4.69) is 10.3 Å². The fourth-order valence-corrected chi connectivity index (χ4v) is 3.99. The Kier molecular flexibility index (Phi) is 5.89. The molecule has 0 aliphatic carbocycles. The van der Waals surface area contributed by atoms with E-state index in [-0.39, 0.29) is 24.5 Å². The molecular formula is C22H18Cl2FN3O3. The van der Waals surface area contributed by atoms with Crippen LogP contribution >= 0.6 is 23.2 Å². The van der Waals surface area contributed by atoms with Gasteiger partial charge in [0.25, 0.3) is 0 Å². The lowest BCUT2D eigenvalue weighted by atomic mass is 10.0. The zero-order valence-electron chi connectivity index (χ0n) is 16.5. The van der Waals surface area contributed by atoms with Crippen LogP contribution in [0.4, 0.5) is 14.9 Å². The van der Waals surface area contributed by atoms with Crippen LogP contribution < -0.4 is 5.32 Å². The highest BCUT2D eigenvalue weighted by Crippen LogP contribution is 2.32. The summed E-state index contributed by atoms with van der Waals surface area (Å²) in [6.45, 7) is 2.16. The van der Waals surface area contributed by atoms with Gasteiger partial charge in [0, 0.05) is 28.7 Å². The second-order valence-electron chi connectivity index (χ2n) is 6.93. The van der Waals surface area contributed by atoms with Gasteiger partial charge in [0.2, 0.25) is 0 Å². The average Bonchev–Trinajstić information content (AvgIpc) is 2.96. The van der Waals surface area contributed by atoms with Gasteiger partial charge in [-0.2, -0.15) is 0 Å². The van der Waals surface area contributed by atoms with Crippen molar-refractivity contribution in [2.75, 3.05) is 18.5 Å². The topological polar surface area (TPSA) is 74.4 Å². The number of hydrogen-bond donors (Lipinski definition) is 2. The molecule has 3 aromatic rings. The van der Waals surface area contributed by atoms with Gasteiger partial charge in [0.05, 0.1) is 28.6 Å². The minimum absolute atomic E-state index is 0.174. The molecule has 4 rings (SSSR count). The van der Waals surface area contributed by atoms with E-state index in [1.54, 1.807) is 25.1 Å². The smallest absolute Gasteiger partial charge is 0.341 e. The number of benzene rings is 2. The number of rotatable bonds is 3. The first-order valence-electron chi connectivity index (χ1n) is 9.59. The molecule has 1 aliphatic heterocycles. The van der Waals surface area contributed by atoms with Crippen molar-refractivity contribution in [3.8, 4) is 0 Å². The Bertz CT molecular complexity index is 1220. The van der Waals surface area contributed by atoms with E-state index < -0.39 is 12.0 Å². The zero-order chi connectivity index (χ0) is 22.1. The molecular weight excluding hydrogens is 444 g/mol. The second-order valence-corrected chi connectivity index (χ2v) is 7.77. The summed E-state index contributed by atoms with van der Waals surface area (Å²) >= 11 is 12.1. The monoisotopic (exact) mass is 461 g/mol. The first-order valence-corrected chi connectivity index (χ1v) is 10.3. The summed E-state index contributed by atoms with van der Waals surface area (Å²) in [4.78, 5) is 30.1. The predicted molar refractivity (Wildman–Crippen MR) is 119 cm³/mol. The van der Waals surface area contributed by atoms with Gasteiger partial charge in [-0.15, -0.1) is 0 Å². The molecule has 0 unspecified atom stereocenters. The number of anilines is 1. The van der Waals surface area contributed by atoms with Crippen molar-refractivity contribution in [3.05, 3.63) is 69.7 Å². The Labute approximate surface area is 187 Å². The molecule has 2 heterocycles. The van der Waals surface area contributed by atoms with Crippen molar-refractivity contribution < 1.29 is 18.7 Å². The van der Waals surface area contributed by atoms with Crippen LogP contribution in [-0.2, 0) is 16.0 Å². The maximum Gasteiger partial charge on any atom is 0.341 e. The van der Waals surface area contributed by atoms with Crippen LogP contribution in [-0.4, -0.2) is 35.0 Å². The molecule has 2 amide bonds. The molecule has 0 bridgehead atoms. The SMILES string of the molecule is CCOC(=O)C1=CN(C(=O)Nc2ccc(Cl)cc2Cl)CCc2c1[nH]c1cc(F)ccc21. The van der Waals surface area contributed by atoms with Crippen molar-refractivity contribution in [3.63, 3.8) is 0 Å². The first kappa shape index (κ1) is 21.2. The van der Waals surface area contributed by atoms with Crippen LogP contribution in [0.25, 0.3) is 16.5 Å². The molecule has 0 atom stereocenters. The second kappa shape index (κ2) is 8.61. The van der Waals surface area contributed by atoms with Gasteiger partial charge in [0.15, 0.2) is 0 Å². The van der Waals surface area contributed by atoms with Crippen LogP contribution in [0.5, 0.6) is 0 Å². The third-order valence-electron chi connectivity index (χ3n) is 4.95. The van der Waals surface area contributed by atoms with Crippen LogP contribution in [0.1, 0.15) is 18.2 Å².